The monoisotopic (exact) mass is 368 g/mol. The number of imide groups is 1. The van der Waals surface area contributed by atoms with Gasteiger partial charge in [-0.15, -0.1) is 0 Å². The van der Waals surface area contributed by atoms with E-state index in [4.69, 9.17) is 14.2 Å². The highest BCUT2D eigenvalue weighted by molar-refractivity contribution is 6.23. The van der Waals surface area contributed by atoms with Gasteiger partial charge in [-0.2, -0.15) is 0 Å². The minimum absolute atomic E-state index is 0.0747. The van der Waals surface area contributed by atoms with Crippen LogP contribution in [0.25, 0.3) is 0 Å². The van der Waals surface area contributed by atoms with Crippen LogP contribution in [0.4, 0.5) is 11.4 Å². The lowest BCUT2D eigenvalue weighted by Gasteiger charge is -2.18. The van der Waals surface area contributed by atoms with E-state index < -0.39 is 6.04 Å². The van der Waals surface area contributed by atoms with Crippen LogP contribution in [0.2, 0.25) is 0 Å². The third-order valence-electron chi connectivity index (χ3n) is 4.56. The molecule has 0 bridgehead atoms. The second kappa shape index (κ2) is 7.19. The van der Waals surface area contributed by atoms with Gasteiger partial charge in [0.2, 0.25) is 5.91 Å². The summed E-state index contributed by atoms with van der Waals surface area (Å²) in [7, 11) is 1.51. The number of hydrogen-bond acceptors (Lipinski definition) is 6. The molecule has 2 heterocycles. The number of carbonyl (C=O) groups excluding carboxylic acids is 2. The van der Waals surface area contributed by atoms with E-state index in [9.17, 15) is 9.59 Å². The normalized spacial score (nSPS) is 19.0. The highest BCUT2D eigenvalue weighted by atomic mass is 16.5. The Morgan fingerprint density at radius 3 is 2.67 bits per heavy atom. The molecule has 2 amide bonds. The van der Waals surface area contributed by atoms with Gasteiger partial charge in [0.25, 0.3) is 5.91 Å². The van der Waals surface area contributed by atoms with E-state index in [1.165, 1.54) is 12.0 Å². The summed E-state index contributed by atoms with van der Waals surface area (Å²) in [6.07, 6.45) is 0.895. The highest BCUT2D eigenvalue weighted by Gasteiger charge is 2.40. The third-order valence-corrected chi connectivity index (χ3v) is 4.56. The number of methoxy groups -OCH3 is 1. The average molecular weight is 368 g/mol. The molecule has 1 atom stereocenters. The number of nitrogens with one attached hydrogen (secondary N) is 1. The van der Waals surface area contributed by atoms with Crippen molar-refractivity contribution in [2.45, 2.75) is 18.9 Å². The van der Waals surface area contributed by atoms with Crippen molar-refractivity contribution in [3.05, 3.63) is 42.5 Å². The molecule has 0 unspecified atom stereocenters. The van der Waals surface area contributed by atoms with Crippen LogP contribution in [0.3, 0.4) is 0 Å². The molecule has 1 fully saturated rings. The summed E-state index contributed by atoms with van der Waals surface area (Å²) < 4.78 is 16.6. The van der Waals surface area contributed by atoms with Gasteiger partial charge in [-0.1, -0.05) is 12.1 Å². The Morgan fingerprint density at radius 2 is 1.85 bits per heavy atom. The highest BCUT2D eigenvalue weighted by Crippen LogP contribution is 2.35. The van der Waals surface area contributed by atoms with Gasteiger partial charge in [0, 0.05) is 18.2 Å². The van der Waals surface area contributed by atoms with Crippen LogP contribution in [0, 0.1) is 0 Å². The number of carbonyl (C=O) groups is 2. The quantitative estimate of drug-likeness (QED) is 0.836. The summed E-state index contributed by atoms with van der Waals surface area (Å²) in [4.78, 5) is 26.5. The van der Waals surface area contributed by atoms with Crippen LogP contribution in [-0.2, 0) is 9.59 Å². The fourth-order valence-electron chi connectivity index (χ4n) is 3.27. The van der Waals surface area contributed by atoms with E-state index in [0.29, 0.717) is 41.8 Å². The van der Waals surface area contributed by atoms with Crippen molar-refractivity contribution in [2.75, 3.05) is 30.5 Å². The van der Waals surface area contributed by atoms with Crippen molar-refractivity contribution in [1.29, 1.82) is 0 Å². The van der Waals surface area contributed by atoms with E-state index in [1.54, 1.807) is 30.3 Å². The van der Waals surface area contributed by atoms with E-state index >= 15 is 0 Å². The van der Waals surface area contributed by atoms with Crippen molar-refractivity contribution in [3.63, 3.8) is 0 Å². The standard InChI is InChI=1S/C20H20N2O5/c1-25-16-6-3-2-5-15(16)22-19(23)12-14(20(22)24)21-13-7-8-17-18(11-13)27-10-4-9-26-17/h2-3,5-8,11,14,21H,4,9-10,12H2,1H3/t14-/m1/s1. The second-order valence-corrected chi connectivity index (χ2v) is 6.35. The van der Waals surface area contributed by atoms with Gasteiger partial charge in [0.1, 0.15) is 11.8 Å². The first-order chi connectivity index (χ1) is 13.2. The molecular formula is C20H20N2O5. The maximum Gasteiger partial charge on any atom is 0.256 e. The van der Waals surface area contributed by atoms with E-state index in [-0.39, 0.29) is 18.2 Å². The molecule has 4 rings (SSSR count). The van der Waals surface area contributed by atoms with Crippen LogP contribution >= 0.6 is 0 Å². The maximum absolute atomic E-state index is 12.9. The molecular weight excluding hydrogens is 348 g/mol. The summed E-state index contributed by atoms with van der Waals surface area (Å²) in [6, 6.07) is 11.8. The molecule has 0 aromatic heterocycles. The predicted octanol–water partition coefficient (Wildman–Crippen LogP) is 2.60. The molecule has 140 valence electrons. The number of para-hydroxylation sites is 2. The summed E-state index contributed by atoms with van der Waals surface area (Å²) in [5, 5.41) is 3.14. The first kappa shape index (κ1) is 17.2. The molecule has 0 radical (unpaired) electrons. The topological polar surface area (TPSA) is 77.1 Å². The first-order valence-electron chi connectivity index (χ1n) is 8.83. The molecule has 0 spiro atoms. The molecule has 2 aromatic rings. The van der Waals surface area contributed by atoms with Gasteiger partial charge in [-0.3, -0.25) is 9.59 Å². The van der Waals surface area contributed by atoms with Gasteiger partial charge >= 0.3 is 0 Å². The molecule has 27 heavy (non-hydrogen) atoms. The Kier molecular flexibility index (Phi) is 4.58. The number of anilines is 2. The summed E-state index contributed by atoms with van der Waals surface area (Å²) >= 11 is 0. The molecule has 0 aliphatic carbocycles. The van der Waals surface area contributed by atoms with Gasteiger partial charge in [0.05, 0.1) is 32.4 Å². The minimum atomic E-state index is -0.646. The van der Waals surface area contributed by atoms with Crippen molar-refractivity contribution in [3.8, 4) is 17.2 Å². The number of ether oxygens (including phenoxy) is 3. The van der Waals surface area contributed by atoms with Crippen LogP contribution in [-0.4, -0.2) is 38.2 Å². The van der Waals surface area contributed by atoms with Gasteiger partial charge < -0.3 is 19.5 Å². The fraction of sp³-hybridized carbons (Fsp3) is 0.300. The molecule has 1 saturated heterocycles. The number of benzene rings is 2. The third kappa shape index (κ3) is 3.28. The molecule has 2 aliphatic heterocycles. The molecule has 7 nitrogen and oxygen atoms in total. The zero-order valence-corrected chi connectivity index (χ0v) is 14.9. The van der Waals surface area contributed by atoms with Gasteiger partial charge in [-0.05, 0) is 24.3 Å². The van der Waals surface area contributed by atoms with Gasteiger partial charge in [0.15, 0.2) is 11.5 Å². The van der Waals surface area contributed by atoms with Crippen LogP contribution in [0.15, 0.2) is 42.5 Å². The number of hydrogen-bond donors (Lipinski definition) is 1. The van der Waals surface area contributed by atoms with E-state index in [0.717, 1.165) is 6.42 Å². The summed E-state index contributed by atoms with van der Waals surface area (Å²) in [5.41, 5.74) is 1.16. The van der Waals surface area contributed by atoms with Crippen LogP contribution in [0.5, 0.6) is 17.2 Å². The Labute approximate surface area is 156 Å². The summed E-state index contributed by atoms with van der Waals surface area (Å²) in [6.45, 7) is 1.20. The number of rotatable bonds is 4. The van der Waals surface area contributed by atoms with E-state index in [2.05, 4.69) is 5.32 Å². The zero-order valence-electron chi connectivity index (χ0n) is 14.9. The lowest BCUT2D eigenvalue weighted by molar-refractivity contribution is -0.121. The van der Waals surface area contributed by atoms with Crippen molar-refractivity contribution >= 4 is 23.2 Å². The molecule has 2 aromatic carbocycles. The molecule has 2 aliphatic rings. The van der Waals surface area contributed by atoms with Crippen molar-refractivity contribution in [2.24, 2.45) is 0 Å². The lowest BCUT2D eigenvalue weighted by Crippen LogP contribution is -2.35. The smallest absolute Gasteiger partial charge is 0.256 e. The predicted molar refractivity (Wildman–Crippen MR) is 99.6 cm³/mol. The SMILES string of the molecule is COc1ccccc1N1C(=O)C[C@@H](Nc2ccc3c(c2)OCCCO3)C1=O. The van der Waals surface area contributed by atoms with E-state index in [1.807, 2.05) is 12.1 Å². The zero-order chi connectivity index (χ0) is 18.8. The molecule has 7 heteroatoms. The number of amides is 2. The Bertz CT molecular complexity index is 882. The average Bonchev–Trinajstić information content (AvgIpc) is 2.85. The Balaban J connectivity index is 1.55. The summed E-state index contributed by atoms with van der Waals surface area (Å²) in [5.74, 6) is 1.22. The van der Waals surface area contributed by atoms with Crippen molar-refractivity contribution in [1.82, 2.24) is 0 Å². The number of nitrogens with zero attached hydrogens (tertiary/aromatic N) is 1. The van der Waals surface area contributed by atoms with Crippen LogP contribution in [0.1, 0.15) is 12.8 Å². The van der Waals surface area contributed by atoms with Gasteiger partial charge in [-0.25, -0.2) is 4.90 Å². The molecule has 1 N–H and O–H groups in total. The largest absolute Gasteiger partial charge is 0.495 e. The Hall–Kier alpha value is -3.22. The van der Waals surface area contributed by atoms with Crippen LogP contribution < -0.4 is 24.4 Å². The van der Waals surface area contributed by atoms with Crippen molar-refractivity contribution < 1.29 is 23.8 Å². The number of fused-ring (bicyclic) bond motifs is 1. The maximum atomic E-state index is 12.9. The molecule has 0 saturated carbocycles. The fourth-order valence-corrected chi connectivity index (χ4v) is 3.27. The Morgan fingerprint density at radius 1 is 1.07 bits per heavy atom. The second-order valence-electron chi connectivity index (χ2n) is 6.35. The minimum Gasteiger partial charge on any atom is -0.495 e. The first-order valence-corrected chi connectivity index (χ1v) is 8.83. The lowest BCUT2D eigenvalue weighted by atomic mass is 10.2.